The van der Waals surface area contributed by atoms with E-state index in [0.29, 0.717) is 16.3 Å². The van der Waals surface area contributed by atoms with Gasteiger partial charge in [0, 0.05) is 16.5 Å². The van der Waals surface area contributed by atoms with Gasteiger partial charge >= 0.3 is 5.97 Å². The van der Waals surface area contributed by atoms with Crippen molar-refractivity contribution in [1.82, 2.24) is 10.3 Å². The summed E-state index contributed by atoms with van der Waals surface area (Å²) < 4.78 is 5.26. The largest absolute Gasteiger partial charge is 0.449 e. The standard InChI is InChI=1S/C17H17ClN2O3/c1-9-14(8-11-7-12(18)3-6-15(11)19-9)17(22)23-10(2)16(21)20-13-4-5-13/h3,6-8,10,13H,4-5H2,1-2H3,(H,20,21). The molecule has 1 unspecified atom stereocenters. The van der Waals surface area contributed by atoms with E-state index in [4.69, 9.17) is 16.3 Å². The molecule has 0 saturated heterocycles. The Hall–Kier alpha value is -2.14. The third kappa shape index (κ3) is 3.62. The van der Waals surface area contributed by atoms with Gasteiger partial charge < -0.3 is 10.1 Å². The average molecular weight is 333 g/mol. The van der Waals surface area contributed by atoms with Crippen LogP contribution in [0.25, 0.3) is 10.9 Å². The van der Waals surface area contributed by atoms with E-state index in [9.17, 15) is 9.59 Å². The number of hydrogen-bond acceptors (Lipinski definition) is 4. The van der Waals surface area contributed by atoms with Gasteiger partial charge in [-0.1, -0.05) is 11.6 Å². The fourth-order valence-electron chi connectivity index (χ4n) is 2.27. The maximum Gasteiger partial charge on any atom is 0.340 e. The molecule has 1 aliphatic carbocycles. The first-order valence-corrected chi connectivity index (χ1v) is 7.90. The lowest BCUT2D eigenvalue weighted by Gasteiger charge is -2.14. The number of aryl methyl sites for hydroxylation is 1. The molecule has 3 rings (SSSR count). The summed E-state index contributed by atoms with van der Waals surface area (Å²) in [5, 5.41) is 4.14. The van der Waals surface area contributed by atoms with Gasteiger partial charge in [0.2, 0.25) is 0 Å². The Balaban J connectivity index is 1.79. The summed E-state index contributed by atoms with van der Waals surface area (Å²) in [6.45, 7) is 3.30. The van der Waals surface area contributed by atoms with E-state index in [2.05, 4.69) is 10.3 Å². The molecule has 1 fully saturated rings. The summed E-state index contributed by atoms with van der Waals surface area (Å²) in [5.41, 5.74) is 1.65. The lowest BCUT2D eigenvalue weighted by Crippen LogP contribution is -2.37. The third-order valence-electron chi connectivity index (χ3n) is 3.76. The van der Waals surface area contributed by atoms with E-state index >= 15 is 0 Å². The van der Waals surface area contributed by atoms with Crippen molar-refractivity contribution in [3.8, 4) is 0 Å². The maximum atomic E-state index is 12.3. The molecule has 5 nitrogen and oxygen atoms in total. The zero-order chi connectivity index (χ0) is 16.6. The normalized spacial score (nSPS) is 15.3. The summed E-state index contributed by atoms with van der Waals surface area (Å²) in [6, 6.07) is 7.21. The van der Waals surface area contributed by atoms with Gasteiger partial charge in [0.15, 0.2) is 6.10 Å². The van der Waals surface area contributed by atoms with E-state index in [1.165, 1.54) is 0 Å². The summed E-state index contributed by atoms with van der Waals surface area (Å²) in [6.07, 6.45) is 1.14. The molecule has 1 aromatic carbocycles. The lowest BCUT2D eigenvalue weighted by atomic mass is 10.1. The summed E-state index contributed by atoms with van der Waals surface area (Å²) in [7, 11) is 0. The van der Waals surface area contributed by atoms with E-state index in [0.717, 1.165) is 23.7 Å². The van der Waals surface area contributed by atoms with Crippen LogP contribution in [0.2, 0.25) is 5.02 Å². The van der Waals surface area contributed by atoms with Gasteiger partial charge in [-0.05, 0) is 51.0 Å². The molecule has 0 radical (unpaired) electrons. The minimum atomic E-state index is -0.836. The van der Waals surface area contributed by atoms with Crippen molar-refractivity contribution in [2.24, 2.45) is 0 Å². The number of pyridine rings is 1. The van der Waals surface area contributed by atoms with Crippen LogP contribution in [0.3, 0.4) is 0 Å². The first kappa shape index (κ1) is 15.7. The number of ether oxygens (including phenoxy) is 1. The molecule has 1 aromatic heterocycles. The van der Waals surface area contributed by atoms with Crippen molar-refractivity contribution < 1.29 is 14.3 Å². The number of nitrogens with one attached hydrogen (secondary N) is 1. The predicted molar refractivity (Wildman–Crippen MR) is 87.5 cm³/mol. The first-order chi connectivity index (χ1) is 10.9. The van der Waals surface area contributed by atoms with Crippen LogP contribution >= 0.6 is 11.6 Å². The Bertz CT molecular complexity index is 787. The minimum Gasteiger partial charge on any atom is -0.449 e. The molecular weight excluding hydrogens is 316 g/mol. The first-order valence-electron chi connectivity index (χ1n) is 7.52. The second-order valence-electron chi connectivity index (χ2n) is 5.79. The number of amides is 1. The quantitative estimate of drug-likeness (QED) is 0.874. The van der Waals surface area contributed by atoms with Gasteiger partial charge in [-0.2, -0.15) is 0 Å². The van der Waals surface area contributed by atoms with Gasteiger partial charge in [-0.3, -0.25) is 9.78 Å². The number of rotatable bonds is 4. The molecule has 1 amide bonds. The van der Waals surface area contributed by atoms with Crippen LogP contribution in [0.15, 0.2) is 24.3 Å². The molecule has 1 heterocycles. The lowest BCUT2D eigenvalue weighted by molar-refractivity contribution is -0.129. The minimum absolute atomic E-state index is 0.231. The van der Waals surface area contributed by atoms with E-state index in [1.807, 2.05) is 0 Å². The molecule has 120 valence electrons. The Labute approximate surface area is 139 Å². The number of carbonyl (C=O) groups is 2. The number of benzene rings is 1. The highest BCUT2D eigenvalue weighted by atomic mass is 35.5. The molecule has 23 heavy (non-hydrogen) atoms. The van der Waals surface area contributed by atoms with E-state index < -0.39 is 12.1 Å². The number of nitrogens with zero attached hydrogens (tertiary/aromatic N) is 1. The Kier molecular flexibility index (Phi) is 4.22. The Morgan fingerprint density at radius 1 is 1.35 bits per heavy atom. The molecule has 1 atom stereocenters. The van der Waals surface area contributed by atoms with Crippen molar-refractivity contribution in [3.05, 3.63) is 40.5 Å². The smallest absolute Gasteiger partial charge is 0.340 e. The zero-order valence-electron chi connectivity index (χ0n) is 12.9. The molecular formula is C17H17ClN2O3. The van der Waals surface area contributed by atoms with Crippen LogP contribution in [0.5, 0.6) is 0 Å². The monoisotopic (exact) mass is 332 g/mol. The van der Waals surface area contributed by atoms with Gasteiger partial charge in [0.05, 0.1) is 16.8 Å². The summed E-state index contributed by atoms with van der Waals surface area (Å²) in [4.78, 5) is 28.6. The molecule has 1 N–H and O–H groups in total. The fraction of sp³-hybridized carbons (Fsp3) is 0.353. The second kappa shape index (κ2) is 6.16. The van der Waals surface area contributed by atoms with Gasteiger partial charge in [-0.25, -0.2) is 4.79 Å². The third-order valence-corrected chi connectivity index (χ3v) is 4.00. The van der Waals surface area contributed by atoms with Crippen LogP contribution in [-0.2, 0) is 9.53 Å². The molecule has 2 aromatic rings. The number of fused-ring (bicyclic) bond motifs is 1. The highest BCUT2D eigenvalue weighted by Gasteiger charge is 2.27. The van der Waals surface area contributed by atoms with Crippen molar-refractivity contribution >= 4 is 34.4 Å². The zero-order valence-corrected chi connectivity index (χ0v) is 13.7. The highest BCUT2D eigenvalue weighted by Crippen LogP contribution is 2.22. The average Bonchev–Trinajstić information content (AvgIpc) is 3.30. The van der Waals surface area contributed by atoms with E-state index in [1.54, 1.807) is 38.1 Å². The van der Waals surface area contributed by atoms with Crippen LogP contribution in [0.4, 0.5) is 0 Å². The Morgan fingerprint density at radius 2 is 2.09 bits per heavy atom. The molecule has 6 heteroatoms. The second-order valence-corrected chi connectivity index (χ2v) is 6.23. The van der Waals surface area contributed by atoms with Crippen molar-refractivity contribution in [3.63, 3.8) is 0 Å². The predicted octanol–water partition coefficient (Wildman–Crippen LogP) is 3.02. The number of carbonyl (C=O) groups excluding carboxylic acids is 2. The number of esters is 1. The Morgan fingerprint density at radius 3 is 2.78 bits per heavy atom. The molecule has 0 bridgehead atoms. The number of hydrogen-bond donors (Lipinski definition) is 1. The van der Waals surface area contributed by atoms with Crippen LogP contribution < -0.4 is 5.32 Å². The van der Waals surface area contributed by atoms with Gasteiger partial charge in [0.1, 0.15) is 0 Å². The van der Waals surface area contributed by atoms with Gasteiger partial charge in [0.25, 0.3) is 5.91 Å². The summed E-state index contributed by atoms with van der Waals surface area (Å²) in [5.74, 6) is -0.828. The van der Waals surface area contributed by atoms with Crippen LogP contribution in [0.1, 0.15) is 35.8 Å². The van der Waals surface area contributed by atoms with Gasteiger partial charge in [-0.15, -0.1) is 0 Å². The SMILES string of the molecule is Cc1nc2ccc(Cl)cc2cc1C(=O)OC(C)C(=O)NC1CC1. The number of aromatic nitrogens is 1. The summed E-state index contributed by atoms with van der Waals surface area (Å²) >= 11 is 5.97. The van der Waals surface area contributed by atoms with Crippen molar-refractivity contribution in [2.75, 3.05) is 0 Å². The maximum absolute atomic E-state index is 12.3. The van der Waals surface area contributed by atoms with Crippen LogP contribution in [0, 0.1) is 6.92 Å². The molecule has 1 aliphatic rings. The molecule has 0 aliphatic heterocycles. The topological polar surface area (TPSA) is 68.3 Å². The fourth-order valence-corrected chi connectivity index (χ4v) is 2.45. The van der Waals surface area contributed by atoms with Crippen LogP contribution in [-0.4, -0.2) is 29.0 Å². The van der Waals surface area contributed by atoms with Crippen molar-refractivity contribution in [1.29, 1.82) is 0 Å². The molecule has 1 saturated carbocycles. The highest BCUT2D eigenvalue weighted by molar-refractivity contribution is 6.31. The molecule has 0 spiro atoms. The van der Waals surface area contributed by atoms with Crippen molar-refractivity contribution in [2.45, 2.75) is 38.8 Å². The number of halogens is 1. The van der Waals surface area contributed by atoms with E-state index in [-0.39, 0.29) is 11.9 Å².